The minimum absolute atomic E-state index is 0.245. The van der Waals surface area contributed by atoms with Gasteiger partial charge in [0.25, 0.3) is 0 Å². The Hall–Kier alpha value is -1.51. The maximum Gasteiger partial charge on any atom is 0.335 e. The molecule has 0 spiro atoms. The van der Waals surface area contributed by atoms with Crippen LogP contribution in [0.4, 0.5) is 5.69 Å². The summed E-state index contributed by atoms with van der Waals surface area (Å²) >= 11 is 0. The van der Waals surface area contributed by atoms with Crippen molar-refractivity contribution in [2.45, 2.75) is 26.2 Å². The molecular formula is C11H15NO2. The molecule has 0 aliphatic heterocycles. The molecule has 1 aromatic carbocycles. The van der Waals surface area contributed by atoms with Gasteiger partial charge in [-0.15, -0.1) is 0 Å². The Morgan fingerprint density at radius 3 is 2.64 bits per heavy atom. The van der Waals surface area contributed by atoms with Crippen molar-refractivity contribution in [2.75, 3.05) is 5.73 Å². The lowest BCUT2D eigenvalue weighted by atomic mass is 9.96. The fourth-order valence-electron chi connectivity index (χ4n) is 1.38. The normalized spacial score (nSPS) is 12.4. The molecule has 3 nitrogen and oxygen atoms in total. The smallest absolute Gasteiger partial charge is 0.335 e. The van der Waals surface area contributed by atoms with Crippen LogP contribution in [0.2, 0.25) is 0 Å². The quantitative estimate of drug-likeness (QED) is 0.725. The van der Waals surface area contributed by atoms with Gasteiger partial charge in [-0.05, 0) is 30.0 Å². The Bertz CT molecular complexity index is 347. The largest absolute Gasteiger partial charge is 0.478 e. The molecule has 0 radical (unpaired) electrons. The lowest BCUT2D eigenvalue weighted by Gasteiger charge is -2.12. The fraction of sp³-hybridized carbons (Fsp3) is 0.364. The summed E-state index contributed by atoms with van der Waals surface area (Å²) in [5.74, 6) is -0.565. The average Bonchev–Trinajstić information content (AvgIpc) is 2.16. The van der Waals surface area contributed by atoms with Gasteiger partial charge in [0.05, 0.1) is 5.56 Å². The molecule has 76 valence electrons. The highest BCUT2D eigenvalue weighted by molar-refractivity contribution is 5.89. The first-order valence-corrected chi connectivity index (χ1v) is 4.69. The van der Waals surface area contributed by atoms with Crippen molar-refractivity contribution >= 4 is 11.7 Å². The van der Waals surface area contributed by atoms with Crippen molar-refractivity contribution < 1.29 is 9.90 Å². The van der Waals surface area contributed by atoms with Gasteiger partial charge in [-0.25, -0.2) is 4.79 Å². The van der Waals surface area contributed by atoms with Gasteiger partial charge in [0.2, 0.25) is 0 Å². The summed E-state index contributed by atoms with van der Waals surface area (Å²) in [5, 5.41) is 8.74. The molecule has 0 aliphatic rings. The van der Waals surface area contributed by atoms with E-state index in [0.717, 1.165) is 12.0 Å². The second-order valence-electron chi connectivity index (χ2n) is 3.46. The maximum atomic E-state index is 10.6. The molecule has 1 rings (SSSR count). The van der Waals surface area contributed by atoms with Crippen LogP contribution in [0, 0.1) is 0 Å². The molecule has 3 heteroatoms. The van der Waals surface area contributed by atoms with E-state index in [9.17, 15) is 4.79 Å². The Morgan fingerprint density at radius 1 is 1.57 bits per heavy atom. The Kier molecular flexibility index (Phi) is 3.12. The number of rotatable bonds is 3. The first kappa shape index (κ1) is 10.6. The van der Waals surface area contributed by atoms with E-state index in [-0.39, 0.29) is 5.56 Å². The van der Waals surface area contributed by atoms with Gasteiger partial charge in [-0.2, -0.15) is 0 Å². The second-order valence-corrected chi connectivity index (χ2v) is 3.46. The van der Waals surface area contributed by atoms with Crippen molar-refractivity contribution in [1.82, 2.24) is 0 Å². The number of carbonyl (C=O) groups is 1. The SMILES string of the molecule is CCC(C)c1ccc(C(=O)O)cc1N. The Labute approximate surface area is 83.6 Å². The first-order valence-electron chi connectivity index (χ1n) is 4.69. The van der Waals surface area contributed by atoms with E-state index in [1.807, 2.05) is 0 Å². The molecule has 0 aromatic heterocycles. The number of carboxylic acid groups (broad SMARTS) is 1. The van der Waals surface area contributed by atoms with Crippen LogP contribution in [-0.4, -0.2) is 11.1 Å². The van der Waals surface area contributed by atoms with Crippen LogP contribution in [0.15, 0.2) is 18.2 Å². The highest BCUT2D eigenvalue weighted by Crippen LogP contribution is 2.25. The van der Waals surface area contributed by atoms with Gasteiger partial charge in [0.1, 0.15) is 0 Å². The first-order chi connectivity index (χ1) is 6.56. The van der Waals surface area contributed by atoms with E-state index in [2.05, 4.69) is 13.8 Å². The number of anilines is 1. The van der Waals surface area contributed by atoms with Crippen LogP contribution in [0.25, 0.3) is 0 Å². The molecule has 0 aliphatic carbocycles. The third kappa shape index (κ3) is 2.05. The summed E-state index contributed by atoms with van der Waals surface area (Å²) in [4.78, 5) is 10.6. The highest BCUT2D eigenvalue weighted by Gasteiger charge is 2.09. The van der Waals surface area contributed by atoms with Gasteiger partial charge in [-0.1, -0.05) is 19.9 Å². The second kappa shape index (κ2) is 4.13. The van der Waals surface area contributed by atoms with E-state index in [1.165, 1.54) is 6.07 Å². The molecular weight excluding hydrogens is 178 g/mol. The summed E-state index contributed by atoms with van der Waals surface area (Å²) < 4.78 is 0. The van der Waals surface area contributed by atoms with Crippen molar-refractivity contribution in [3.63, 3.8) is 0 Å². The number of carboxylic acids is 1. The number of benzene rings is 1. The molecule has 1 unspecified atom stereocenters. The molecule has 0 bridgehead atoms. The summed E-state index contributed by atoms with van der Waals surface area (Å²) in [5.41, 5.74) is 7.61. The lowest BCUT2D eigenvalue weighted by molar-refractivity contribution is 0.0697. The van der Waals surface area contributed by atoms with Crippen molar-refractivity contribution in [2.24, 2.45) is 0 Å². The van der Waals surface area contributed by atoms with E-state index in [1.54, 1.807) is 12.1 Å². The van der Waals surface area contributed by atoms with Crippen LogP contribution in [-0.2, 0) is 0 Å². The molecule has 0 fully saturated rings. The van der Waals surface area contributed by atoms with Gasteiger partial charge < -0.3 is 10.8 Å². The number of nitrogens with two attached hydrogens (primary N) is 1. The zero-order chi connectivity index (χ0) is 10.7. The Balaban J connectivity index is 3.07. The fourth-order valence-corrected chi connectivity index (χ4v) is 1.38. The van der Waals surface area contributed by atoms with Gasteiger partial charge in [0, 0.05) is 5.69 Å². The number of hydrogen-bond donors (Lipinski definition) is 2. The van der Waals surface area contributed by atoms with Crippen molar-refractivity contribution in [3.05, 3.63) is 29.3 Å². The topological polar surface area (TPSA) is 63.3 Å². The highest BCUT2D eigenvalue weighted by atomic mass is 16.4. The van der Waals surface area contributed by atoms with E-state index < -0.39 is 5.97 Å². The van der Waals surface area contributed by atoms with Crippen LogP contribution < -0.4 is 5.73 Å². The molecule has 1 atom stereocenters. The van der Waals surface area contributed by atoms with E-state index in [4.69, 9.17) is 10.8 Å². The summed E-state index contributed by atoms with van der Waals surface area (Å²) in [6.45, 7) is 4.15. The molecule has 0 saturated heterocycles. The summed E-state index contributed by atoms with van der Waals surface area (Å²) in [7, 11) is 0. The molecule has 1 aromatic rings. The number of nitrogen functional groups attached to an aromatic ring is 1. The Morgan fingerprint density at radius 2 is 2.21 bits per heavy atom. The molecule has 3 N–H and O–H groups in total. The molecule has 0 amide bonds. The van der Waals surface area contributed by atoms with Crippen LogP contribution >= 0.6 is 0 Å². The third-order valence-electron chi connectivity index (χ3n) is 2.48. The predicted molar refractivity (Wildman–Crippen MR) is 56.5 cm³/mol. The zero-order valence-electron chi connectivity index (χ0n) is 8.45. The average molecular weight is 193 g/mol. The van der Waals surface area contributed by atoms with E-state index >= 15 is 0 Å². The third-order valence-corrected chi connectivity index (χ3v) is 2.48. The summed E-state index contributed by atoms with van der Waals surface area (Å²) in [6, 6.07) is 4.91. The monoisotopic (exact) mass is 193 g/mol. The minimum atomic E-state index is -0.938. The van der Waals surface area contributed by atoms with Crippen molar-refractivity contribution in [3.8, 4) is 0 Å². The standard InChI is InChI=1S/C11H15NO2/c1-3-7(2)9-5-4-8(11(13)14)6-10(9)12/h4-7H,3,12H2,1-2H3,(H,13,14). The van der Waals surface area contributed by atoms with Gasteiger partial charge in [-0.3, -0.25) is 0 Å². The van der Waals surface area contributed by atoms with Crippen LogP contribution in [0.3, 0.4) is 0 Å². The van der Waals surface area contributed by atoms with E-state index in [0.29, 0.717) is 11.6 Å². The maximum absolute atomic E-state index is 10.6. The van der Waals surface area contributed by atoms with Crippen LogP contribution in [0.5, 0.6) is 0 Å². The van der Waals surface area contributed by atoms with Crippen LogP contribution in [0.1, 0.15) is 42.1 Å². The number of aromatic carboxylic acids is 1. The molecule has 14 heavy (non-hydrogen) atoms. The number of hydrogen-bond acceptors (Lipinski definition) is 2. The lowest BCUT2D eigenvalue weighted by Crippen LogP contribution is -2.02. The minimum Gasteiger partial charge on any atom is -0.478 e. The molecule has 0 saturated carbocycles. The summed E-state index contributed by atoms with van der Waals surface area (Å²) in [6.07, 6.45) is 0.997. The molecule has 0 heterocycles. The predicted octanol–water partition coefficient (Wildman–Crippen LogP) is 2.48. The van der Waals surface area contributed by atoms with Crippen molar-refractivity contribution in [1.29, 1.82) is 0 Å². The van der Waals surface area contributed by atoms with Gasteiger partial charge >= 0.3 is 5.97 Å². The zero-order valence-corrected chi connectivity index (χ0v) is 8.45. The van der Waals surface area contributed by atoms with Gasteiger partial charge in [0.15, 0.2) is 0 Å².